The molecule has 0 saturated carbocycles. The van der Waals surface area contributed by atoms with Gasteiger partial charge in [0.25, 0.3) is 0 Å². The average molecular weight is 310 g/mol. The van der Waals surface area contributed by atoms with Crippen LogP contribution in [0.1, 0.15) is 37.8 Å². The number of benzene rings is 1. The Kier molecular flexibility index (Phi) is 5.07. The minimum atomic E-state index is -3.19. The summed E-state index contributed by atoms with van der Waals surface area (Å²) in [6.45, 7) is 6.50. The molecule has 0 aliphatic carbocycles. The molecular weight excluding hydrogens is 284 g/mol. The molecule has 1 saturated heterocycles. The highest BCUT2D eigenvalue weighted by atomic mass is 32.2. The van der Waals surface area contributed by atoms with E-state index in [9.17, 15) is 8.42 Å². The molecule has 1 N–H and O–H groups in total. The number of nitrogens with one attached hydrogen (secondary N) is 1. The van der Waals surface area contributed by atoms with E-state index in [1.807, 2.05) is 31.3 Å². The van der Waals surface area contributed by atoms with E-state index in [4.69, 9.17) is 0 Å². The molecule has 4 nitrogen and oxygen atoms in total. The van der Waals surface area contributed by atoms with Crippen LogP contribution in [-0.2, 0) is 22.3 Å². The molecule has 1 aromatic rings. The van der Waals surface area contributed by atoms with Crippen molar-refractivity contribution in [2.24, 2.45) is 5.41 Å². The highest BCUT2D eigenvalue weighted by Crippen LogP contribution is 2.31. The van der Waals surface area contributed by atoms with Crippen LogP contribution in [-0.4, -0.2) is 32.9 Å². The molecule has 0 atom stereocenters. The van der Waals surface area contributed by atoms with Gasteiger partial charge < -0.3 is 5.32 Å². The maximum atomic E-state index is 12.5. The van der Waals surface area contributed by atoms with Gasteiger partial charge in [0, 0.05) is 19.6 Å². The first-order chi connectivity index (χ1) is 9.82. The number of hydrogen-bond donors (Lipinski definition) is 1. The Morgan fingerprint density at radius 2 is 1.62 bits per heavy atom. The Balaban J connectivity index is 2.00. The van der Waals surface area contributed by atoms with E-state index in [1.54, 1.807) is 4.31 Å². The van der Waals surface area contributed by atoms with Gasteiger partial charge in [0.05, 0.1) is 5.75 Å². The molecule has 0 aromatic heterocycles. The lowest BCUT2D eigenvalue weighted by Crippen LogP contribution is -2.41. The van der Waals surface area contributed by atoms with E-state index in [1.165, 1.54) is 5.56 Å². The van der Waals surface area contributed by atoms with E-state index < -0.39 is 10.0 Å². The molecule has 1 heterocycles. The Bertz CT molecular complexity index is 554. The van der Waals surface area contributed by atoms with Crippen LogP contribution in [0, 0.1) is 5.41 Å². The molecule has 0 spiro atoms. The molecule has 1 aliphatic heterocycles. The predicted octanol–water partition coefficient (Wildman–Crippen LogP) is 2.36. The van der Waals surface area contributed by atoms with Crippen LogP contribution in [0.15, 0.2) is 24.3 Å². The number of sulfonamides is 1. The first-order valence-electron chi connectivity index (χ1n) is 7.53. The maximum absolute atomic E-state index is 12.5. The lowest BCUT2D eigenvalue weighted by Gasteiger charge is -2.36. The van der Waals surface area contributed by atoms with Crippen molar-refractivity contribution < 1.29 is 8.42 Å². The van der Waals surface area contributed by atoms with E-state index >= 15 is 0 Å². The fourth-order valence-electron chi connectivity index (χ4n) is 2.63. The normalized spacial score (nSPS) is 19.6. The predicted molar refractivity (Wildman–Crippen MR) is 86.4 cm³/mol. The van der Waals surface area contributed by atoms with Crippen molar-refractivity contribution in [3.8, 4) is 0 Å². The molecule has 1 aromatic carbocycles. The maximum Gasteiger partial charge on any atom is 0.218 e. The molecule has 0 amide bonds. The first kappa shape index (κ1) is 16.5. The van der Waals surface area contributed by atoms with Gasteiger partial charge in [-0.15, -0.1) is 0 Å². The summed E-state index contributed by atoms with van der Waals surface area (Å²) in [6.07, 6.45) is 1.88. The summed E-state index contributed by atoms with van der Waals surface area (Å²) in [5.41, 5.74) is 2.29. The van der Waals surface area contributed by atoms with Crippen LogP contribution in [0.25, 0.3) is 0 Å². The van der Waals surface area contributed by atoms with Gasteiger partial charge in [0.2, 0.25) is 10.0 Å². The zero-order valence-electron chi connectivity index (χ0n) is 13.2. The van der Waals surface area contributed by atoms with Gasteiger partial charge in [-0.1, -0.05) is 38.1 Å². The van der Waals surface area contributed by atoms with Gasteiger partial charge in [0.1, 0.15) is 0 Å². The molecule has 2 rings (SSSR count). The summed E-state index contributed by atoms with van der Waals surface area (Å²) in [7, 11) is -1.29. The standard InChI is InChI=1S/C16H26N2O2S/c1-16(2)8-10-18(11-9-16)21(19,20)13-15-6-4-14(5-7-15)12-17-3/h4-7,17H,8-13H2,1-3H3. The van der Waals surface area contributed by atoms with Crippen LogP contribution in [0.4, 0.5) is 0 Å². The van der Waals surface area contributed by atoms with Gasteiger partial charge in [-0.3, -0.25) is 0 Å². The van der Waals surface area contributed by atoms with E-state index in [2.05, 4.69) is 19.2 Å². The largest absolute Gasteiger partial charge is 0.316 e. The van der Waals surface area contributed by atoms with Gasteiger partial charge in [-0.2, -0.15) is 0 Å². The highest BCUT2D eigenvalue weighted by Gasteiger charge is 2.31. The van der Waals surface area contributed by atoms with Gasteiger partial charge in [0.15, 0.2) is 0 Å². The SMILES string of the molecule is CNCc1ccc(CS(=O)(=O)N2CCC(C)(C)CC2)cc1. The minimum absolute atomic E-state index is 0.104. The molecular formula is C16H26N2O2S. The van der Waals surface area contributed by atoms with E-state index in [0.29, 0.717) is 13.1 Å². The van der Waals surface area contributed by atoms with Crippen molar-refractivity contribution in [3.63, 3.8) is 0 Å². The van der Waals surface area contributed by atoms with Crippen molar-refractivity contribution in [1.82, 2.24) is 9.62 Å². The van der Waals surface area contributed by atoms with E-state index in [0.717, 1.165) is 24.9 Å². The molecule has 21 heavy (non-hydrogen) atoms. The van der Waals surface area contributed by atoms with Gasteiger partial charge >= 0.3 is 0 Å². The lowest BCUT2D eigenvalue weighted by molar-refractivity contribution is 0.195. The highest BCUT2D eigenvalue weighted by molar-refractivity contribution is 7.88. The fourth-order valence-corrected chi connectivity index (χ4v) is 4.16. The topological polar surface area (TPSA) is 49.4 Å². The van der Waals surface area contributed by atoms with Crippen molar-refractivity contribution in [1.29, 1.82) is 0 Å². The molecule has 5 heteroatoms. The molecule has 1 fully saturated rings. The quantitative estimate of drug-likeness (QED) is 0.908. The van der Waals surface area contributed by atoms with Crippen LogP contribution in [0.3, 0.4) is 0 Å². The second-order valence-corrected chi connectivity index (χ2v) is 8.64. The summed E-state index contributed by atoms with van der Waals surface area (Å²) in [6, 6.07) is 7.80. The third kappa shape index (κ3) is 4.53. The Morgan fingerprint density at radius 1 is 1.10 bits per heavy atom. The number of hydrogen-bond acceptors (Lipinski definition) is 3. The smallest absolute Gasteiger partial charge is 0.218 e. The Morgan fingerprint density at radius 3 is 2.14 bits per heavy atom. The monoisotopic (exact) mass is 310 g/mol. The third-order valence-corrected chi connectivity index (χ3v) is 6.07. The van der Waals surface area contributed by atoms with Crippen LogP contribution < -0.4 is 5.32 Å². The number of rotatable bonds is 5. The molecule has 0 unspecified atom stereocenters. The summed E-state index contributed by atoms with van der Waals surface area (Å²) in [4.78, 5) is 0. The van der Waals surface area contributed by atoms with Crippen LogP contribution >= 0.6 is 0 Å². The lowest BCUT2D eigenvalue weighted by atomic mass is 9.83. The Labute approximate surface area is 128 Å². The molecule has 1 aliphatic rings. The van der Waals surface area contributed by atoms with Gasteiger partial charge in [-0.25, -0.2) is 12.7 Å². The zero-order valence-corrected chi connectivity index (χ0v) is 14.0. The minimum Gasteiger partial charge on any atom is -0.316 e. The molecule has 0 radical (unpaired) electrons. The van der Waals surface area contributed by atoms with Gasteiger partial charge in [-0.05, 0) is 36.4 Å². The zero-order chi connectivity index (χ0) is 15.5. The van der Waals surface area contributed by atoms with Crippen molar-refractivity contribution >= 4 is 10.0 Å². The first-order valence-corrected chi connectivity index (χ1v) is 9.14. The van der Waals surface area contributed by atoms with Crippen molar-refractivity contribution in [2.75, 3.05) is 20.1 Å². The number of nitrogens with zero attached hydrogens (tertiary/aromatic N) is 1. The summed E-state index contributed by atoms with van der Waals surface area (Å²) >= 11 is 0. The van der Waals surface area contributed by atoms with Crippen molar-refractivity contribution in [3.05, 3.63) is 35.4 Å². The fraction of sp³-hybridized carbons (Fsp3) is 0.625. The number of piperidine rings is 1. The summed E-state index contributed by atoms with van der Waals surface area (Å²) in [5.74, 6) is 0.104. The van der Waals surface area contributed by atoms with Crippen LogP contribution in [0.5, 0.6) is 0 Å². The Hall–Kier alpha value is -0.910. The average Bonchev–Trinajstić information content (AvgIpc) is 2.40. The van der Waals surface area contributed by atoms with Crippen molar-refractivity contribution in [2.45, 2.75) is 39.0 Å². The summed E-state index contributed by atoms with van der Waals surface area (Å²) in [5, 5.41) is 3.08. The second kappa shape index (κ2) is 6.46. The van der Waals surface area contributed by atoms with Crippen LogP contribution in [0.2, 0.25) is 0 Å². The molecule has 0 bridgehead atoms. The molecule has 118 valence electrons. The summed E-state index contributed by atoms with van der Waals surface area (Å²) < 4.78 is 26.6. The second-order valence-electron chi connectivity index (χ2n) is 6.67. The third-order valence-electron chi connectivity index (χ3n) is 4.22. The van der Waals surface area contributed by atoms with E-state index in [-0.39, 0.29) is 11.2 Å².